The average Bonchev–Trinajstić information content (AvgIpc) is 3.17. The quantitative estimate of drug-likeness (QED) is 0.594. The van der Waals surface area contributed by atoms with Crippen LogP contribution in [0.4, 0.5) is 0 Å². The lowest BCUT2D eigenvalue weighted by Crippen LogP contribution is -2.52. The molecule has 1 aromatic carbocycles. The molecule has 1 atom stereocenters. The van der Waals surface area contributed by atoms with E-state index in [1.54, 1.807) is 0 Å². The van der Waals surface area contributed by atoms with Gasteiger partial charge in [-0.05, 0) is 48.7 Å². The zero-order valence-electron chi connectivity index (χ0n) is 19.4. The lowest BCUT2D eigenvalue weighted by molar-refractivity contribution is 0.128. The summed E-state index contributed by atoms with van der Waals surface area (Å²) in [4.78, 5) is 13.1. The third kappa shape index (κ3) is 4.26. The smallest absolute Gasteiger partial charge is 0.0938 e. The standard InChI is InChI=1S/C28H33N3S/c1-20(2)26-18-24-25(32-26)14-12-22-10-7-15-29-27(22)28(24)31-17-16-30(3)23(19-31)13-11-21-8-5-4-6-9-21/h4-10,12,15,18,20,23H,11,13-14,16-17,19H2,1-3H3. The Morgan fingerprint density at radius 2 is 1.94 bits per heavy atom. The molecule has 1 aliphatic carbocycles. The Kier molecular flexibility index (Phi) is 6.16. The number of rotatable bonds is 5. The van der Waals surface area contributed by atoms with Crippen LogP contribution in [0.25, 0.3) is 11.8 Å². The van der Waals surface area contributed by atoms with Gasteiger partial charge in [-0.3, -0.25) is 9.88 Å². The molecule has 5 rings (SSSR count). The van der Waals surface area contributed by atoms with Gasteiger partial charge in [-0.1, -0.05) is 56.3 Å². The molecule has 1 fully saturated rings. The number of aromatic nitrogens is 1. The fourth-order valence-corrected chi connectivity index (χ4v) is 6.08. The summed E-state index contributed by atoms with van der Waals surface area (Å²) in [5.74, 6) is 0.558. The molecule has 0 radical (unpaired) electrons. The Morgan fingerprint density at radius 1 is 1.09 bits per heavy atom. The maximum Gasteiger partial charge on any atom is 0.0938 e. The topological polar surface area (TPSA) is 19.4 Å². The van der Waals surface area contributed by atoms with Crippen molar-refractivity contribution in [3.63, 3.8) is 0 Å². The summed E-state index contributed by atoms with van der Waals surface area (Å²) in [7, 11) is 2.29. The zero-order valence-corrected chi connectivity index (χ0v) is 20.2. The van der Waals surface area contributed by atoms with Crippen LogP contribution in [-0.2, 0) is 12.8 Å². The molecule has 4 heteroatoms. The second-order valence-electron chi connectivity index (χ2n) is 9.44. The molecule has 0 amide bonds. The molecule has 2 aromatic heterocycles. The van der Waals surface area contributed by atoms with Crippen LogP contribution >= 0.6 is 11.3 Å². The molecule has 0 saturated carbocycles. The first-order valence-corrected chi connectivity index (χ1v) is 12.7. The molecule has 3 heterocycles. The molecule has 0 spiro atoms. The average molecular weight is 444 g/mol. The number of benzene rings is 1. The molecule has 3 aromatic rings. The maximum absolute atomic E-state index is 4.91. The van der Waals surface area contributed by atoms with Crippen molar-refractivity contribution in [3.8, 4) is 0 Å². The second-order valence-corrected chi connectivity index (χ2v) is 10.6. The van der Waals surface area contributed by atoms with Crippen molar-refractivity contribution in [2.24, 2.45) is 0 Å². The third-order valence-corrected chi connectivity index (χ3v) is 8.38. The van der Waals surface area contributed by atoms with Gasteiger partial charge in [0.25, 0.3) is 0 Å². The monoisotopic (exact) mass is 443 g/mol. The molecule has 0 bridgehead atoms. The van der Waals surface area contributed by atoms with E-state index in [2.05, 4.69) is 85.3 Å². The van der Waals surface area contributed by atoms with E-state index in [0.717, 1.165) is 37.8 Å². The summed E-state index contributed by atoms with van der Waals surface area (Å²) in [5.41, 5.74) is 4.20. The van der Waals surface area contributed by atoms with Gasteiger partial charge in [0.2, 0.25) is 0 Å². The van der Waals surface area contributed by atoms with E-state index < -0.39 is 0 Å². The first kappa shape index (κ1) is 21.4. The number of thiophene rings is 1. The van der Waals surface area contributed by atoms with Crippen molar-refractivity contribution < 1.29 is 0 Å². The van der Waals surface area contributed by atoms with Gasteiger partial charge in [0.15, 0.2) is 0 Å². The molecule has 32 heavy (non-hydrogen) atoms. The lowest BCUT2D eigenvalue weighted by atomic mass is 10.0. The summed E-state index contributed by atoms with van der Waals surface area (Å²) in [5, 5.41) is 2.43. The Bertz CT molecular complexity index is 1190. The predicted octanol–water partition coefficient (Wildman–Crippen LogP) is 4.01. The van der Waals surface area contributed by atoms with Crippen LogP contribution in [-0.4, -0.2) is 47.5 Å². The Labute approximate surface area is 195 Å². The Balaban J connectivity index is 1.51. The summed E-state index contributed by atoms with van der Waals surface area (Å²) < 4.78 is 0. The van der Waals surface area contributed by atoms with Gasteiger partial charge in [0, 0.05) is 53.6 Å². The number of nitrogens with zero attached hydrogens (tertiary/aromatic N) is 3. The first-order chi connectivity index (χ1) is 15.6. The fourth-order valence-electron chi connectivity index (χ4n) is 4.96. The minimum absolute atomic E-state index is 0.544. The highest BCUT2D eigenvalue weighted by atomic mass is 32.1. The van der Waals surface area contributed by atoms with Crippen LogP contribution < -0.4 is 10.6 Å². The van der Waals surface area contributed by atoms with Gasteiger partial charge in [0.1, 0.15) is 0 Å². The molecular weight excluding hydrogens is 410 g/mol. The van der Waals surface area contributed by atoms with Crippen molar-refractivity contribution in [2.75, 3.05) is 26.7 Å². The maximum atomic E-state index is 4.91. The van der Waals surface area contributed by atoms with Gasteiger partial charge in [0.05, 0.1) is 11.0 Å². The normalized spacial score (nSPS) is 18.8. The highest BCUT2D eigenvalue weighted by Crippen LogP contribution is 2.35. The molecule has 2 aliphatic rings. The second kappa shape index (κ2) is 9.21. The van der Waals surface area contributed by atoms with Crippen molar-refractivity contribution in [2.45, 2.75) is 45.1 Å². The summed E-state index contributed by atoms with van der Waals surface area (Å²) in [6, 6.07) is 18.2. The van der Waals surface area contributed by atoms with Crippen LogP contribution in [0.5, 0.6) is 0 Å². The number of hydrogen-bond acceptors (Lipinski definition) is 4. The highest BCUT2D eigenvalue weighted by Gasteiger charge is 2.29. The van der Waals surface area contributed by atoms with E-state index in [4.69, 9.17) is 4.98 Å². The van der Waals surface area contributed by atoms with Crippen molar-refractivity contribution in [3.05, 3.63) is 86.2 Å². The van der Waals surface area contributed by atoms with E-state index in [1.807, 2.05) is 17.5 Å². The van der Waals surface area contributed by atoms with Gasteiger partial charge in [-0.15, -0.1) is 11.3 Å². The minimum atomic E-state index is 0.544. The number of pyridine rings is 1. The molecule has 1 aliphatic heterocycles. The molecule has 166 valence electrons. The van der Waals surface area contributed by atoms with Gasteiger partial charge in [-0.25, -0.2) is 0 Å². The van der Waals surface area contributed by atoms with Crippen molar-refractivity contribution >= 4 is 23.1 Å². The van der Waals surface area contributed by atoms with E-state index in [1.165, 1.54) is 38.2 Å². The Hall–Kier alpha value is -2.43. The van der Waals surface area contributed by atoms with Gasteiger partial charge >= 0.3 is 0 Å². The Morgan fingerprint density at radius 3 is 2.75 bits per heavy atom. The third-order valence-electron chi connectivity index (χ3n) is 6.93. The minimum Gasteiger partial charge on any atom is -0.366 e. The first-order valence-electron chi connectivity index (χ1n) is 11.9. The van der Waals surface area contributed by atoms with Crippen LogP contribution in [0, 0.1) is 0 Å². The van der Waals surface area contributed by atoms with Crippen molar-refractivity contribution in [1.82, 2.24) is 14.8 Å². The molecule has 1 unspecified atom stereocenters. The molecular formula is C28H33N3S. The SMILES string of the molecule is CC(C)c1cc2c(s1)CC=c1cccnc1=C2N1CCN(C)C(CCc2ccccc2)C1. The number of fused-ring (bicyclic) bond motifs is 2. The predicted molar refractivity (Wildman–Crippen MR) is 135 cm³/mol. The number of hydrogen-bond donors (Lipinski definition) is 0. The zero-order chi connectivity index (χ0) is 22.1. The summed E-state index contributed by atoms with van der Waals surface area (Å²) >= 11 is 1.99. The van der Waals surface area contributed by atoms with Gasteiger partial charge in [-0.2, -0.15) is 0 Å². The number of likely N-dealkylation sites (N-methyl/N-ethyl adjacent to an activating group) is 1. The molecule has 1 saturated heterocycles. The lowest BCUT2D eigenvalue weighted by Gasteiger charge is -2.41. The van der Waals surface area contributed by atoms with E-state index in [-0.39, 0.29) is 0 Å². The van der Waals surface area contributed by atoms with E-state index in [9.17, 15) is 0 Å². The molecule has 0 N–H and O–H groups in total. The number of aryl methyl sites for hydroxylation is 1. The van der Waals surface area contributed by atoms with E-state index >= 15 is 0 Å². The van der Waals surface area contributed by atoms with Crippen LogP contribution in [0.2, 0.25) is 0 Å². The largest absolute Gasteiger partial charge is 0.366 e. The number of piperazine rings is 1. The van der Waals surface area contributed by atoms with E-state index in [0.29, 0.717) is 12.0 Å². The van der Waals surface area contributed by atoms with Gasteiger partial charge < -0.3 is 4.90 Å². The fraction of sp³-hybridized carbons (Fsp3) is 0.393. The molecule has 3 nitrogen and oxygen atoms in total. The van der Waals surface area contributed by atoms with Crippen molar-refractivity contribution in [1.29, 1.82) is 0 Å². The summed E-state index contributed by atoms with van der Waals surface area (Å²) in [6.45, 7) is 7.80. The van der Waals surface area contributed by atoms with Crippen LogP contribution in [0.15, 0.2) is 54.7 Å². The highest BCUT2D eigenvalue weighted by molar-refractivity contribution is 7.12. The van der Waals surface area contributed by atoms with Crippen LogP contribution in [0.1, 0.15) is 47.1 Å². The van der Waals surface area contributed by atoms with Crippen LogP contribution in [0.3, 0.4) is 0 Å². The summed E-state index contributed by atoms with van der Waals surface area (Å²) in [6.07, 6.45) is 7.64.